The highest BCUT2D eigenvalue weighted by Gasteiger charge is 2.13. The zero-order valence-electron chi connectivity index (χ0n) is 12.5. The van der Waals surface area contributed by atoms with Crippen LogP contribution in [-0.4, -0.2) is 20.6 Å². The van der Waals surface area contributed by atoms with Crippen molar-refractivity contribution in [3.05, 3.63) is 58.8 Å². The van der Waals surface area contributed by atoms with Crippen LogP contribution in [0.1, 0.15) is 24.8 Å². The van der Waals surface area contributed by atoms with Gasteiger partial charge in [-0.3, -0.25) is 4.79 Å². The number of nitrogens with two attached hydrogens (primary N) is 1. The Hall–Kier alpha value is -2.12. The number of carbonyl (C=O) groups is 1. The number of imidazole rings is 1. The molecule has 23 heavy (non-hydrogen) atoms. The Kier molecular flexibility index (Phi) is 6.37. The summed E-state index contributed by atoms with van der Waals surface area (Å²) in [6, 6.07) is 7.81. The highest BCUT2D eigenvalue weighted by molar-refractivity contribution is 9.10. The molecule has 0 bridgehead atoms. The number of rotatable bonds is 8. The lowest BCUT2D eigenvalue weighted by Gasteiger charge is -2.15. The summed E-state index contributed by atoms with van der Waals surface area (Å²) in [6.45, 7) is 0.538. The van der Waals surface area contributed by atoms with E-state index in [0.717, 1.165) is 15.6 Å². The van der Waals surface area contributed by atoms with E-state index in [1.807, 2.05) is 35.0 Å². The minimum Gasteiger partial charge on any atom is -0.481 e. The smallest absolute Gasteiger partial charge is 0.303 e. The van der Waals surface area contributed by atoms with Gasteiger partial charge in [0, 0.05) is 35.3 Å². The third-order valence-electron chi connectivity index (χ3n) is 3.35. The zero-order valence-corrected chi connectivity index (χ0v) is 14.1. The monoisotopic (exact) mass is 379 g/mol. The molecule has 6 nitrogen and oxygen atoms in total. The Labute approximate surface area is 142 Å². The lowest BCUT2D eigenvalue weighted by molar-refractivity contribution is -0.137. The first-order valence-electron chi connectivity index (χ1n) is 7.12. The second-order valence-electron chi connectivity index (χ2n) is 5.01. The van der Waals surface area contributed by atoms with Crippen LogP contribution in [0, 0.1) is 0 Å². The van der Waals surface area contributed by atoms with E-state index < -0.39 is 5.97 Å². The fourth-order valence-corrected chi connectivity index (χ4v) is 2.66. The van der Waals surface area contributed by atoms with Gasteiger partial charge in [0.1, 0.15) is 5.76 Å². The van der Waals surface area contributed by atoms with Crippen LogP contribution in [0.5, 0.6) is 0 Å². The van der Waals surface area contributed by atoms with Crippen molar-refractivity contribution in [1.82, 2.24) is 9.55 Å². The Bertz CT molecular complexity index is 684. The van der Waals surface area contributed by atoms with Crippen LogP contribution in [0.3, 0.4) is 0 Å². The van der Waals surface area contributed by atoms with E-state index in [2.05, 4.69) is 20.9 Å². The molecular weight excluding hydrogens is 362 g/mol. The molecule has 0 saturated heterocycles. The number of allylic oxidation sites excluding steroid dienone is 2. The zero-order chi connectivity index (χ0) is 16.7. The average Bonchev–Trinajstić information content (AvgIpc) is 3.02. The van der Waals surface area contributed by atoms with Crippen molar-refractivity contribution in [3.8, 4) is 0 Å². The number of hydrogen-bond acceptors (Lipinski definition) is 4. The minimum absolute atomic E-state index is 0.0731. The van der Waals surface area contributed by atoms with Gasteiger partial charge >= 0.3 is 5.97 Å². The molecule has 2 rings (SSSR count). The van der Waals surface area contributed by atoms with Gasteiger partial charge in [0.25, 0.3) is 0 Å². The van der Waals surface area contributed by atoms with Crippen LogP contribution < -0.4 is 5.90 Å². The molecule has 0 aliphatic heterocycles. The Balaban J connectivity index is 2.32. The maximum Gasteiger partial charge on any atom is 0.303 e. The predicted molar refractivity (Wildman–Crippen MR) is 90.0 cm³/mol. The van der Waals surface area contributed by atoms with Gasteiger partial charge in [-0.2, -0.15) is 5.90 Å². The SMILES string of the molecule is NOC(CCCC(=O)O)=C(Cn1ccnc1)c1cccc(Br)c1. The van der Waals surface area contributed by atoms with Crippen LogP contribution in [0.15, 0.2) is 53.2 Å². The Morgan fingerprint density at radius 2 is 2.22 bits per heavy atom. The summed E-state index contributed by atoms with van der Waals surface area (Å²) >= 11 is 3.46. The molecule has 122 valence electrons. The summed E-state index contributed by atoms with van der Waals surface area (Å²) in [5.74, 6) is 5.20. The van der Waals surface area contributed by atoms with Crippen LogP contribution in [0.2, 0.25) is 0 Å². The number of carboxylic acids is 1. The summed E-state index contributed by atoms with van der Waals surface area (Å²) in [5.41, 5.74) is 1.86. The van der Waals surface area contributed by atoms with E-state index >= 15 is 0 Å². The van der Waals surface area contributed by atoms with Gasteiger partial charge in [-0.1, -0.05) is 28.1 Å². The lowest BCUT2D eigenvalue weighted by atomic mass is 10.0. The molecule has 0 unspecified atom stereocenters. The predicted octanol–water partition coefficient (Wildman–Crippen LogP) is 3.20. The molecule has 0 amide bonds. The highest BCUT2D eigenvalue weighted by Crippen LogP contribution is 2.26. The van der Waals surface area contributed by atoms with E-state index in [1.54, 1.807) is 12.5 Å². The van der Waals surface area contributed by atoms with Gasteiger partial charge in [0.2, 0.25) is 0 Å². The van der Waals surface area contributed by atoms with E-state index in [1.165, 1.54) is 0 Å². The van der Waals surface area contributed by atoms with Crippen molar-refractivity contribution in [2.75, 3.05) is 0 Å². The number of aliphatic carboxylic acids is 1. The third-order valence-corrected chi connectivity index (χ3v) is 3.84. The van der Waals surface area contributed by atoms with Gasteiger partial charge in [-0.05, 0) is 24.1 Å². The van der Waals surface area contributed by atoms with E-state index in [-0.39, 0.29) is 6.42 Å². The number of benzene rings is 1. The number of aromatic nitrogens is 2. The lowest BCUT2D eigenvalue weighted by Crippen LogP contribution is -2.08. The van der Waals surface area contributed by atoms with Crippen LogP contribution >= 0.6 is 15.9 Å². The molecule has 7 heteroatoms. The van der Waals surface area contributed by atoms with Crippen molar-refractivity contribution < 1.29 is 14.7 Å². The molecule has 2 aromatic rings. The first-order chi connectivity index (χ1) is 11.1. The van der Waals surface area contributed by atoms with E-state index in [0.29, 0.717) is 25.1 Å². The number of carboxylic acid groups (broad SMARTS) is 1. The first-order valence-corrected chi connectivity index (χ1v) is 7.91. The van der Waals surface area contributed by atoms with Gasteiger partial charge in [-0.25, -0.2) is 4.98 Å². The van der Waals surface area contributed by atoms with Gasteiger partial charge < -0.3 is 14.5 Å². The van der Waals surface area contributed by atoms with Crippen molar-refractivity contribution in [2.45, 2.75) is 25.8 Å². The van der Waals surface area contributed by atoms with Crippen LogP contribution in [0.25, 0.3) is 5.57 Å². The molecule has 0 radical (unpaired) electrons. The molecule has 0 atom stereocenters. The fourth-order valence-electron chi connectivity index (χ4n) is 2.26. The van der Waals surface area contributed by atoms with Crippen molar-refractivity contribution in [3.63, 3.8) is 0 Å². The molecule has 0 aliphatic rings. The summed E-state index contributed by atoms with van der Waals surface area (Å²) in [5, 5.41) is 8.79. The van der Waals surface area contributed by atoms with E-state index in [4.69, 9.17) is 15.8 Å². The Morgan fingerprint density at radius 1 is 1.39 bits per heavy atom. The minimum atomic E-state index is -0.833. The average molecular weight is 380 g/mol. The standard InChI is InChI=1S/C16H18BrN3O3/c17-13-4-1-3-12(9-13)14(10-20-8-7-19-11-20)15(23-18)5-2-6-16(21)22/h1,3-4,7-9,11H,2,5-6,10,18H2,(H,21,22). The van der Waals surface area contributed by atoms with Crippen LogP contribution in [0.4, 0.5) is 0 Å². The summed E-state index contributed by atoms with van der Waals surface area (Å²) < 4.78 is 2.85. The van der Waals surface area contributed by atoms with E-state index in [9.17, 15) is 4.79 Å². The molecular formula is C16H18BrN3O3. The van der Waals surface area contributed by atoms with Gasteiger partial charge in [-0.15, -0.1) is 0 Å². The van der Waals surface area contributed by atoms with Crippen molar-refractivity contribution in [1.29, 1.82) is 0 Å². The maximum absolute atomic E-state index is 10.7. The van der Waals surface area contributed by atoms with Gasteiger partial charge in [0.15, 0.2) is 0 Å². The maximum atomic E-state index is 10.7. The molecule has 0 fully saturated rings. The molecule has 1 aromatic heterocycles. The highest BCUT2D eigenvalue weighted by atomic mass is 79.9. The third kappa shape index (κ3) is 5.22. The quantitative estimate of drug-likeness (QED) is 0.542. The summed E-state index contributed by atoms with van der Waals surface area (Å²) in [4.78, 5) is 19.8. The molecule has 0 saturated carbocycles. The summed E-state index contributed by atoms with van der Waals surface area (Å²) in [6.07, 6.45) is 6.25. The van der Waals surface area contributed by atoms with Crippen molar-refractivity contribution in [2.24, 2.45) is 5.90 Å². The molecule has 0 spiro atoms. The topological polar surface area (TPSA) is 90.4 Å². The summed E-state index contributed by atoms with van der Waals surface area (Å²) in [7, 11) is 0. The normalized spacial score (nSPS) is 11.9. The second kappa shape index (κ2) is 8.50. The number of nitrogens with zero attached hydrogens (tertiary/aromatic N) is 2. The second-order valence-corrected chi connectivity index (χ2v) is 5.93. The number of hydrogen-bond donors (Lipinski definition) is 2. The molecule has 1 heterocycles. The molecule has 0 aliphatic carbocycles. The van der Waals surface area contributed by atoms with Crippen molar-refractivity contribution >= 4 is 27.5 Å². The molecule has 3 N–H and O–H groups in total. The fraction of sp³-hybridized carbons (Fsp3) is 0.250. The molecule has 1 aromatic carbocycles. The van der Waals surface area contributed by atoms with Gasteiger partial charge in [0.05, 0.1) is 12.9 Å². The number of halogens is 1. The van der Waals surface area contributed by atoms with Crippen LogP contribution in [-0.2, 0) is 16.2 Å². The Morgan fingerprint density at radius 3 is 2.83 bits per heavy atom. The first kappa shape index (κ1) is 17.2. The largest absolute Gasteiger partial charge is 0.481 e.